The van der Waals surface area contributed by atoms with Crippen LogP contribution in [0.5, 0.6) is 0 Å². The second-order valence-corrected chi connectivity index (χ2v) is 11.8. The lowest BCUT2D eigenvalue weighted by molar-refractivity contribution is -0.160. The molecule has 8 atom stereocenters. The van der Waals surface area contributed by atoms with Crippen molar-refractivity contribution in [1.29, 1.82) is 0 Å². The van der Waals surface area contributed by atoms with Gasteiger partial charge >= 0.3 is 5.97 Å². The Morgan fingerprint density at radius 2 is 1.73 bits per heavy atom. The molecule has 5 unspecified atom stereocenters. The van der Waals surface area contributed by atoms with Gasteiger partial charge in [-0.2, -0.15) is 0 Å². The Kier molecular flexibility index (Phi) is 5.31. The largest absolute Gasteiger partial charge is 0.463 e. The molecule has 0 aromatic rings. The monoisotopic (exact) mass is 415 g/mol. The quantitative estimate of drug-likeness (QED) is 0.596. The maximum Gasteiger partial charge on any atom is 0.302 e. The Hall–Kier alpha value is -0.900. The Balaban J connectivity index is 1.35. The first-order chi connectivity index (χ1) is 14.3. The van der Waals surface area contributed by atoms with Crippen LogP contribution in [-0.2, 0) is 14.3 Å². The summed E-state index contributed by atoms with van der Waals surface area (Å²) in [7, 11) is 0. The summed E-state index contributed by atoms with van der Waals surface area (Å²) in [6.45, 7) is 8.67. The molecule has 4 nitrogen and oxygen atoms in total. The van der Waals surface area contributed by atoms with Gasteiger partial charge in [-0.05, 0) is 106 Å². The van der Waals surface area contributed by atoms with Gasteiger partial charge in [0.1, 0.15) is 6.10 Å². The number of piperidine rings is 1. The molecule has 0 N–H and O–H groups in total. The summed E-state index contributed by atoms with van der Waals surface area (Å²) in [5.74, 6) is 3.18. The molecule has 1 aliphatic heterocycles. The fourth-order valence-corrected chi connectivity index (χ4v) is 8.89. The molecule has 5 aliphatic rings. The van der Waals surface area contributed by atoms with Gasteiger partial charge in [-0.1, -0.05) is 20.3 Å². The van der Waals surface area contributed by atoms with E-state index in [0.717, 1.165) is 44.7 Å². The van der Waals surface area contributed by atoms with E-state index in [9.17, 15) is 9.59 Å². The van der Waals surface area contributed by atoms with Gasteiger partial charge in [-0.3, -0.25) is 14.5 Å². The van der Waals surface area contributed by atoms with Gasteiger partial charge < -0.3 is 4.74 Å². The smallest absolute Gasteiger partial charge is 0.302 e. The summed E-state index contributed by atoms with van der Waals surface area (Å²) in [6.07, 6.45) is 13.2. The highest BCUT2D eigenvalue weighted by Gasteiger charge is 2.63. The van der Waals surface area contributed by atoms with Crippen molar-refractivity contribution in [2.24, 2.45) is 34.5 Å². The van der Waals surface area contributed by atoms with Crippen molar-refractivity contribution in [3.05, 3.63) is 0 Å². The SMILES string of the molecule is CC(=O)OC1CC[C@]2(C)C3CC[C@]4(C)C(=O)C(N5CCCCC5)CC4C3CC[C@H]2C1. The van der Waals surface area contributed by atoms with E-state index in [1.165, 1.54) is 44.9 Å². The predicted molar refractivity (Wildman–Crippen MR) is 117 cm³/mol. The van der Waals surface area contributed by atoms with Gasteiger partial charge in [0.15, 0.2) is 5.78 Å². The van der Waals surface area contributed by atoms with Crippen LogP contribution >= 0.6 is 0 Å². The standard InChI is InChI=1S/C26H41NO3/c1-17(28)30-19-9-11-25(2)18(15-19)7-8-20-21(25)10-12-26(3)22(20)16-23(24(26)29)27-13-5-4-6-14-27/h18-23H,4-16H2,1-3H3/t18-,19?,20?,21?,22?,23?,25-,26-/m0/s1. The summed E-state index contributed by atoms with van der Waals surface area (Å²) in [4.78, 5) is 27.7. The molecule has 5 fully saturated rings. The van der Waals surface area contributed by atoms with E-state index >= 15 is 0 Å². The van der Waals surface area contributed by atoms with E-state index in [1.807, 2.05) is 0 Å². The number of rotatable bonds is 2. The van der Waals surface area contributed by atoms with E-state index < -0.39 is 0 Å². The van der Waals surface area contributed by atoms with Gasteiger partial charge in [0, 0.05) is 12.3 Å². The number of ketones is 1. The molecular formula is C26H41NO3. The number of carbonyl (C=O) groups excluding carboxylic acids is 2. The van der Waals surface area contributed by atoms with Crippen molar-refractivity contribution in [2.75, 3.05) is 13.1 Å². The number of nitrogens with zero attached hydrogens (tertiary/aromatic N) is 1. The highest BCUT2D eigenvalue weighted by Crippen LogP contribution is 2.65. The molecule has 0 bridgehead atoms. The molecule has 1 heterocycles. The Morgan fingerprint density at radius 1 is 0.967 bits per heavy atom. The number of ether oxygens (including phenoxy) is 1. The molecule has 0 aromatic heterocycles. The maximum absolute atomic E-state index is 13.7. The lowest BCUT2D eigenvalue weighted by Gasteiger charge is -2.60. The van der Waals surface area contributed by atoms with E-state index in [2.05, 4.69) is 18.7 Å². The zero-order valence-corrected chi connectivity index (χ0v) is 19.3. The number of fused-ring (bicyclic) bond motifs is 5. The Morgan fingerprint density at radius 3 is 2.47 bits per heavy atom. The fraction of sp³-hybridized carbons (Fsp3) is 0.923. The average Bonchev–Trinajstić information content (AvgIpc) is 3.00. The van der Waals surface area contributed by atoms with Crippen LogP contribution in [-0.4, -0.2) is 41.9 Å². The minimum Gasteiger partial charge on any atom is -0.463 e. The molecule has 1 saturated heterocycles. The van der Waals surface area contributed by atoms with Gasteiger partial charge in [0.25, 0.3) is 0 Å². The topological polar surface area (TPSA) is 46.6 Å². The van der Waals surface area contributed by atoms with Crippen LogP contribution in [0, 0.1) is 34.5 Å². The van der Waals surface area contributed by atoms with Crippen molar-refractivity contribution in [2.45, 2.75) is 104 Å². The minimum atomic E-state index is -0.126. The molecule has 0 spiro atoms. The summed E-state index contributed by atoms with van der Waals surface area (Å²) in [5, 5.41) is 0. The van der Waals surface area contributed by atoms with Crippen LogP contribution in [0.3, 0.4) is 0 Å². The molecular weight excluding hydrogens is 374 g/mol. The molecule has 0 amide bonds. The molecule has 4 saturated carbocycles. The molecule has 4 aliphatic carbocycles. The maximum atomic E-state index is 13.7. The third-order valence-electron chi connectivity index (χ3n) is 10.5. The summed E-state index contributed by atoms with van der Waals surface area (Å²) in [5.41, 5.74) is 0.286. The summed E-state index contributed by atoms with van der Waals surface area (Å²) < 4.78 is 5.61. The molecule has 30 heavy (non-hydrogen) atoms. The van der Waals surface area contributed by atoms with Crippen molar-refractivity contribution in [3.63, 3.8) is 0 Å². The first-order valence-electron chi connectivity index (χ1n) is 12.8. The van der Waals surface area contributed by atoms with Crippen LogP contribution in [0.4, 0.5) is 0 Å². The number of carbonyl (C=O) groups is 2. The van der Waals surface area contributed by atoms with Crippen LogP contribution in [0.15, 0.2) is 0 Å². The predicted octanol–water partition coefficient (Wildman–Crippen LogP) is 4.99. The zero-order chi connectivity index (χ0) is 21.1. The first-order valence-corrected chi connectivity index (χ1v) is 12.8. The number of esters is 1. The number of likely N-dealkylation sites (tertiary alicyclic amines) is 1. The Bertz CT molecular complexity index is 700. The Labute approximate surface area is 182 Å². The summed E-state index contributed by atoms with van der Waals surface area (Å²) in [6, 6.07) is 0.198. The van der Waals surface area contributed by atoms with Crippen molar-refractivity contribution < 1.29 is 14.3 Å². The van der Waals surface area contributed by atoms with Crippen LogP contribution < -0.4 is 0 Å². The summed E-state index contributed by atoms with van der Waals surface area (Å²) >= 11 is 0. The minimum absolute atomic E-state index is 0.0819. The van der Waals surface area contributed by atoms with Gasteiger partial charge in [0.2, 0.25) is 0 Å². The second-order valence-electron chi connectivity index (χ2n) is 11.8. The first kappa shape index (κ1) is 21.0. The normalized spacial score (nSPS) is 49.1. The molecule has 168 valence electrons. The van der Waals surface area contributed by atoms with Crippen LogP contribution in [0.1, 0.15) is 91.4 Å². The van der Waals surface area contributed by atoms with E-state index in [1.54, 1.807) is 6.92 Å². The van der Waals surface area contributed by atoms with Crippen molar-refractivity contribution in [1.82, 2.24) is 4.90 Å². The molecule has 0 aromatic carbocycles. The third kappa shape index (κ3) is 3.19. The van der Waals surface area contributed by atoms with E-state index in [0.29, 0.717) is 29.0 Å². The fourth-order valence-electron chi connectivity index (χ4n) is 8.89. The molecule has 4 heteroatoms. The molecule has 5 rings (SSSR count). The van der Waals surface area contributed by atoms with Crippen LogP contribution in [0.25, 0.3) is 0 Å². The molecule has 0 radical (unpaired) electrons. The van der Waals surface area contributed by atoms with Crippen molar-refractivity contribution in [3.8, 4) is 0 Å². The number of hydrogen-bond acceptors (Lipinski definition) is 4. The average molecular weight is 416 g/mol. The highest BCUT2D eigenvalue weighted by molar-refractivity contribution is 5.92. The van der Waals surface area contributed by atoms with Gasteiger partial charge in [0.05, 0.1) is 6.04 Å². The van der Waals surface area contributed by atoms with E-state index in [4.69, 9.17) is 4.74 Å². The highest BCUT2D eigenvalue weighted by atomic mass is 16.5. The number of hydrogen-bond donors (Lipinski definition) is 0. The second kappa shape index (κ2) is 7.60. The number of Topliss-reactive ketones (excluding diaryl/α,β-unsaturated/α-hetero) is 1. The van der Waals surface area contributed by atoms with Gasteiger partial charge in [-0.25, -0.2) is 0 Å². The lowest BCUT2D eigenvalue weighted by Crippen LogP contribution is -2.54. The van der Waals surface area contributed by atoms with Gasteiger partial charge in [-0.15, -0.1) is 0 Å². The lowest BCUT2D eigenvalue weighted by atomic mass is 9.45. The van der Waals surface area contributed by atoms with Crippen molar-refractivity contribution >= 4 is 11.8 Å². The zero-order valence-electron chi connectivity index (χ0n) is 19.3. The van der Waals surface area contributed by atoms with E-state index in [-0.39, 0.29) is 23.5 Å². The third-order valence-corrected chi connectivity index (χ3v) is 10.5. The van der Waals surface area contributed by atoms with Crippen LogP contribution in [0.2, 0.25) is 0 Å².